The molecule has 3 aromatic carbocycles. The Hall–Kier alpha value is -3.53. The Morgan fingerprint density at radius 1 is 0.966 bits per heavy atom. The van der Waals surface area contributed by atoms with E-state index in [1.54, 1.807) is 0 Å². The van der Waals surface area contributed by atoms with E-state index >= 15 is 0 Å². The van der Waals surface area contributed by atoms with E-state index < -0.39 is 0 Å². The number of carbonyl (C=O) groups is 1. The Morgan fingerprint density at radius 2 is 1.76 bits per heavy atom. The van der Waals surface area contributed by atoms with Gasteiger partial charge in [0.2, 0.25) is 0 Å². The van der Waals surface area contributed by atoms with Gasteiger partial charge >= 0.3 is 0 Å². The molecule has 0 saturated carbocycles. The number of nitrogens with one attached hydrogen (secondary N) is 2. The summed E-state index contributed by atoms with van der Waals surface area (Å²) in [6, 6.07) is 24.7. The zero-order valence-electron chi connectivity index (χ0n) is 16.4. The van der Waals surface area contributed by atoms with Gasteiger partial charge in [-0.3, -0.25) is 4.79 Å². The molecule has 144 valence electrons. The number of hydrogen-bond donors (Lipinski definition) is 2. The number of para-hydroxylation sites is 2. The molecule has 2 N–H and O–H groups in total. The average Bonchev–Trinajstić information content (AvgIpc) is 3.15. The summed E-state index contributed by atoms with van der Waals surface area (Å²) in [6.45, 7) is 2.86. The van der Waals surface area contributed by atoms with Crippen molar-refractivity contribution in [2.75, 3.05) is 16.8 Å². The van der Waals surface area contributed by atoms with E-state index in [1.165, 1.54) is 5.39 Å². The van der Waals surface area contributed by atoms with E-state index in [0.29, 0.717) is 18.2 Å². The first kappa shape index (κ1) is 17.6. The minimum Gasteiger partial charge on any atom is -0.381 e. The molecule has 4 aromatic rings. The van der Waals surface area contributed by atoms with Crippen molar-refractivity contribution in [3.8, 4) is 11.1 Å². The molecule has 4 heteroatoms. The van der Waals surface area contributed by atoms with Gasteiger partial charge in [-0.25, -0.2) is 0 Å². The molecule has 0 bridgehead atoms. The number of aromatic nitrogens is 1. The number of rotatable bonds is 2. The molecule has 4 nitrogen and oxygen atoms in total. The number of carbonyl (C=O) groups excluding carboxylic acids is 1. The zero-order valence-corrected chi connectivity index (χ0v) is 16.4. The Balaban J connectivity index is 1.44. The van der Waals surface area contributed by atoms with Crippen molar-refractivity contribution >= 4 is 28.2 Å². The third-order valence-corrected chi connectivity index (χ3v) is 5.65. The molecule has 0 aliphatic carbocycles. The van der Waals surface area contributed by atoms with E-state index in [9.17, 15) is 4.79 Å². The predicted octanol–water partition coefficient (Wildman–Crippen LogP) is 5.69. The normalized spacial score (nSPS) is 16.2. The average molecular weight is 381 g/mol. The van der Waals surface area contributed by atoms with E-state index in [4.69, 9.17) is 0 Å². The van der Waals surface area contributed by atoms with Gasteiger partial charge in [0.25, 0.3) is 5.91 Å². The number of nitrogens with zero attached hydrogens (tertiary/aromatic N) is 1. The molecular formula is C25H23N3O. The van der Waals surface area contributed by atoms with Crippen molar-refractivity contribution in [3.05, 3.63) is 84.6 Å². The summed E-state index contributed by atoms with van der Waals surface area (Å²) in [4.78, 5) is 18.4. The summed E-state index contributed by atoms with van der Waals surface area (Å²) in [7, 11) is 0. The topological polar surface area (TPSA) is 48.1 Å². The first-order chi connectivity index (χ1) is 14.2. The Morgan fingerprint density at radius 3 is 2.62 bits per heavy atom. The number of benzene rings is 3. The molecule has 1 aromatic heterocycles. The standard InChI is InChI=1S/C25H23N3O/c1-17-13-15-28(24-5-3-2-4-23(24)27-17)25(29)19-8-6-18(7-9-19)20-10-11-22-21(16-20)12-14-26-22/h2-12,14,16-17,26-27H,13,15H2,1H3/t17-/m1/s1. The highest BCUT2D eigenvalue weighted by molar-refractivity contribution is 6.08. The quantitative estimate of drug-likeness (QED) is 0.469. The number of anilines is 2. The van der Waals surface area contributed by atoms with Gasteiger partial charge in [0.15, 0.2) is 0 Å². The zero-order chi connectivity index (χ0) is 19.8. The largest absolute Gasteiger partial charge is 0.381 e. The SMILES string of the molecule is C[C@@H]1CCN(C(=O)c2ccc(-c3ccc4[nH]ccc4c3)cc2)c2ccccc2N1. The van der Waals surface area contributed by atoms with Crippen LogP contribution in [-0.2, 0) is 0 Å². The second-order valence-electron chi connectivity index (χ2n) is 7.67. The van der Waals surface area contributed by atoms with Gasteiger partial charge in [-0.1, -0.05) is 30.3 Å². The number of amides is 1. The van der Waals surface area contributed by atoms with Gasteiger partial charge in [-0.05, 0) is 72.3 Å². The van der Waals surface area contributed by atoms with Crippen LogP contribution in [0.3, 0.4) is 0 Å². The Bertz CT molecular complexity index is 1180. The van der Waals surface area contributed by atoms with Crippen molar-refractivity contribution < 1.29 is 4.79 Å². The molecule has 2 heterocycles. The van der Waals surface area contributed by atoms with Crippen molar-refractivity contribution in [2.45, 2.75) is 19.4 Å². The highest BCUT2D eigenvalue weighted by atomic mass is 16.2. The molecule has 1 aliphatic rings. The second kappa shape index (κ2) is 7.13. The molecule has 0 radical (unpaired) electrons. The van der Waals surface area contributed by atoms with Crippen LogP contribution in [0, 0.1) is 0 Å². The van der Waals surface area contributed by atoms with Crippen LogP contribution in [0.4, 0.5) is 11.4 Å². The first-order valence-electron chi connectivity index (χ1n) is 10.0. The van der Waals surface area contributed by atoms with Crippen LogP contribution in [0.15, 0.2) is 79.0 Å². The van der Waals surface area contributed by atoms with E-state index in [0.717, 1.165) is 34.4 Å². The van der Waals surface area contributed by atoms with Gasteiger partial charge in [-0.15, -0.1) is 0 Å². The smallest absolute Gasteiger partial charge is 0.258 e. The van der Waals surface area contributed by atoms with E-state index in [2.05, 4.69) is 41.5 Å². The maximum atomic E-state index is 13.3. The monoisotopic (exact) mass is 381 g/mol. The molecule has 29 heavy (non-hydrogen) atoms. The third kappa shape index (κ3) is 3.27. The lowest BCUT2D eigenvalue weighted by atomic mass is 10.0. The van der Waals surface area contributed by atoms with Crippen molar-refractivity contribution in [2.24, 2.45) is 0 Å². The van der Waals surface area contributed by atoms with Gasteiger partial charge in [0, 0.05) is 29.9 Å². The second-order valence-corrected chi connectivity index (χ2v) is 7.67. The minimum absolute atomic E-state index is 0.0426. The molecule has 0 unspecified atom stereocenters. The molecular weight excluding hydrogens is 358 g/mol. The van der Waals surface area contributed by atoms with Gasteiger partial charge < -0.3 is 15.2 Å². The fraction of sp³-hybridized carbons (Fsp3) is 0.160. The maximum Gasteiger partial charge on any atom is 0.258 e. The van der Waals surface area contributed by atoms with Crippen LogP contribution in [0.1, 0.15) is 23.7 Å². The van der Waals surface area contributed by atoms with Crippen molar-refractivity contribution in [1.29, 1.82) is 0 Å². The Labute approximate surface area is 170 Å². The van der Waals surface area contributed by atoms with Crippen LogP contribution < -0.4 is 10.2 Å². The summed E-state index contributed by atoms with van der Waals surface area (Å²) < 4.78 is 0. The molecule has 0 saturated heterocycles. The molecule has 1 aliphatic heterocycles. The number of H-pyrrole nitrogens is 1. The fourth-order valence-electron chi connectivity index (χ4n) is 4.02. The Kier molecular flexibility index (Phi) is 4.32. The first-order valence-corrected chi connectivity index (χ1v) is 10.0. The van der Waals surface area contributed by atoms with Crippen LogP contribution in [0.25, 0.3) is 22.0 Å². The van der Waals surface area contributed by atoms with Gasteiger partial charge in [-0.2, -0.15) is 0 Å². The van der Waals surface area contributed by atoms with Crippen LogP contribution in [-0.4, -0.2) is 23.5 Å². The minimum atomic E-state index is 0.0426. The van der Waals surface area contributed by atoms with Gasteiger partial charge in [0.05, 0.1) is 11.4 Å². The lowest BCUT2D eigenvalue weighted by Crippen LogP contribution is -2.32. The van der Waals surface area contributed by atoms with E-state index in [1.807, 2.05) is 59.6 Å². The molecule has 1 atom stereocenters. The number of fused-ring (bicyclic) bond motifs is 2. The predicted molar refractivity (Wildman–Crippen MR) is 120 cm³/mol. The van der Waals surface area contributed by atoms with Crippen molar-refractivity contribution in [3.63, 3.8) is 0 Å². The lowest BCUT2D eigenvalue weighted by molar-refractivity contribution is 0.0987. The van der Waals surface area contributed by atoms with E-state index in [-0.39, 0.29) is 5.91 Å². The van der Waals surface area contributed by atoms with Crippen LogP contribution in [0.5, 0.6) is 0 Å². The van der Waals surface area contributed by atoms with Crippen LogP contribution in [0.2, 0.25) is 0 Å². The van der Waals surface area contributed by atoms with Gasteiger partial charge in [0.1, 0.15) is 0 Å². The van der Waals surface area contributed by atoms with Crippen LogP contribution >= 0.6 is 0 Å². The summed E-state index contributed by atoms with van der Waals surface area (Å²) in [5, 5.41) is 4.69. The fourth-order valence-corrected chi connectivity index (χ4v) is 4.02. The molecule has 0 spiro atoms. The summed E-state index contributed by atoms with van der Waals surface area (Å²) in [5.74, 6) is 0.0426. The molecule has 0 fully saturated rings. The number of hydrogen-bond acceptors (Lipinski definition) is 2. The molecule has 1 amide bonds. The summed E-state index contributed by atoms with van der Waals surface area (Å²) >= 11 is 0. The van der Waals surface area contributed by atoms with Crippen molar-refractivity contribution in [1.82, 2.24) is 4.98 Å². The number of aromatic amines is 1. The third-order valence-electron chi connectivity index (χ3n) is 5.65. The highest BCUT2D eigenvalue weighted by Gasteiger charge is 2.24. The molecule has 5 rings (SSSR count). The summed E-state index contributed by atoms with van der Waals surface area (Å²) in [6.07, 6.45) is 2.86. The summed E-state index contributed by atoms with van der Waals surface area (Å²) in [5.41, 5.74) is 6.06. The highest BCUT2D eigenvalue weighted by Crippen LogP contribution is 2.31. The maximum absolute atomic E-state index is 13.3. The lowest BCUT2D eigenvalue weighted by Gasteiger charge is -2.22.